The molecule has 1 N–H and O–H groups in total. The molecule has 3 aromatic rings. The fraction of sp³-hybridized carbons (Fsp3) is 0.304. The van der Waals surface area contributed by atoms with E-state index in [0.29, 0.717) is 30.9 Å². The van der Waals surface area contributed by atoms with Gasteiger partial charge in [0, 0.05) is 48.1 Å². The Kier molecular flexibility index (Phi) is 6.77. The van der Waals surface area contributed by atoms with Gasteiger partial charge in [0.25, 0.3) is 16.4 Å². The molecule has 0 radical (unpaired) electrons. The van der Waals surface area contributed by atoms with E-state index in [0.717, 1.165) is 17.1 Å². The summed E-state index contributed by atoms with van der Waals surface area (Å²) in [5, 5.41) is 0.145. The lowest BCUT2D eigenvalue weighted by atomic mass is 10.1. The predicted octanol–water partition coefficient (Wildman–Crippen LogP) is 2.51. The van der Waals surface area contributed by atoms with Crippen LogP contribution in [0.2, 0.25) is 0 Å². The van der Waals surface area contributed by atoms with Gasteiger partial charge in [0.15, 0.2) is 0 Å². The summed E-state index contributed by atoms with van der Waals surface area (Å²) in [6.07, 6.45) is -0.676. The number of carbonyl (C=O) groups excluding carboxylic acids is 2. The smallest absolute Gasteiger partial charge is 0.263 e. The van der Waals surface area contributed by atoms with Gasteiger partial charge < -0.3 is 14.7 Å². The molecule has 2 aromatic carbocycles. The van der Waals surface area contributed by atoms with E-state index in [-0.39, 0.29) is 47.0 Å². The minimum atomic E-state index is -3.85. The van der Waals surface area contributed by atoms with Crippen LogP contribution < -0.4 is 14.5 Å². The lowest BCUT2D eigenvalue weighted by Gasteiger charge is -2.35. The normalized spacial score (nSPS) is 15.9. The fourth-order valence-electron chi connectivity index (χ4n) is 4.38. The molecule has 1 fully saturated rings. The standard InChI is InChI=1S/C23H22F2N6O4S2/c24-22(25)16-2-1-15-7-8-29(19(15)11-16)12-20(32)30-9-10-31(21(33)13-30)17-3-5-18(6-4-17)37(34,35)28-23-26-14-27-36-23/h1-6,11,14,22H,7-10,12-13H2,(H,26,27,28). The number of fused-ring (bicyclic) bond motifs is 1. The molecule has 1 aromatic heterocycles. The van der Waals surface area contributed by atoms with Crippen LogP contribution in [0.25, 0.3) is 0 Å². The topological polar surface area (TPSA) is 116 Å². The zero-order chi connectivity index (χ0) is 26.2. The number of hydrogen-bond acceptors (Lipinski definition) is 8. The SMILES string of the molecule is O=C(CN1CCc2ccc(C(F)F)cc21)N1CCN(c2ccc(S(=O)(=O)Nc3ncns3)cc2)C(=O)C1. The molecule has 0 atom stereocenters. The summed E-state index contributed by atoms with van der Waals surface area (Å²) < 4.78 is 57.3. The van der Waals surface area contributed by atoms with Crippen LogP contribution in [0.5, 0.6) is 0 Å². The van der Waals surface area contributed by atoms with Crippen LogP contribution in [-0.4, -0.2) is 67.2 Å². The summed E-state index contributed by atoms with van der Waals surface area (Å²) in [4.78, 5) is 34.3. The van der Waals surface area contributed by atoms with Crippen LogP contribution in [0.3, 0.4) is 0 Å². The summed E-state index contributed by atoms with van der Waals surface area (Å²) in [6.45, 7) is 0.952. The summed E-state index contributed by atoms with van der Waals surface area (Å²) in [5.41, 5.74) is 1.98. The maximum Gasteiger partial charge on any atom is 0.263 e. The lowest BCUT2D eigenvalue weighted by molar-refractivity contribution is -0.135. The van der Waals surface area contributed by atoms with Gasteiger partial charge in [-0.3, -0.25) is 14.3 Å². The fourth-order valence-corrected chi connectivity index (χ4v) is 6.04. The molecule has 0 spiro atoms. The van der Waals surface area contributed by atoms with Gasteiger partial charge in [-0.05, 0) is 42.3 Å². The van der Waals surface area contributed by atoms with E-state index in [9.17, 15) is 26.8 Å². The average molecular weight is 549 g/mol. The number of aromatic nitrogens is 2. The third-order valence-corrected chi connectivity index (χ3v) is 8.36. The highest BCUT2D eigenvalue weighted by atomic mass is 32.2. The molecule has 0 saturated carbocycles. The van der Waals surface area contributed by atoms with Gasteiger partial charge >= 0.3 is 0 Å². The van der Waals surface area contributed by atoms with Gasteiger partial charge in [0.05, 0.1) is 11.4 Å². The van der Waals surface area contributed by atoms with Crippen molar-refractivity contribution < 1.29 is 26.8 Å². The van der Waals surface area contributed by atoms with Crippen molar-refractivity contribution in [3.8, 4) is 0 Å². The third-order valence-electron chi connectivity index (χ3n) is 6.29. The van der Waals surface area contributed by atoms with E-state index in [1.165, 1.54) is 52.5 Å². The minimum Gasteiger partial charge on any atom is -0.362 e. The molecule has 0 aliphatic carbocycles. The Labute approximate surface area is 215 Å². The van der Waals surface area contributed by atoms with Gasteiger partial charge in [-0.25, -0.2) is 22.2 Å². The Balaban J connectivity index is 1.20. The van der Waals surface area contributed by atoms with Crippen LogP contribution in [0, 0.1) is 0 Å². The molecule has 0 bridgehead atoms. The Morgan fingerprint density at radius 3 is 2.57 bits per heavy atom. The number of benzene rings is 2. The van der Waals surface area contributed by atoms with E-state index < -0.39 is 16.4 Å². The molecule has 37 heavy (non-hydrogen) atoms. The zero-order valence-electron chi connectivity index (χ0n) is 19.4. The molecule has 14 heteroatoms. The first kappa shape index (κ1) is 25.0. The summed E-state index contributed by atoms with van der Waals surface area (Å²) in [6, 6.07) is 10.4. The van der Waals surface area contributed by atoms with Crippen LogP contribution in [-0.2, 0) is 26.0 Å². The highest BCUT2D eigenvalue weighted by molar-refractivity contribution is 7.93. The number of anilines is 3. The van der Waals surface area contributed by atoms with Gasteiger partial charge in [-0.1, -0.05) is 12.1 Å². The molecule has 1 saturated heterocycles. The van der Waals surface area contributed by atoms with Crippen LogP contribution in [0.4, 0.5) is 25.3 Å². The highest BCUT2D eigenvalue weighted by Gasteiger charge is 2.31. The number of nitrogens with zero attached hydrogens (tertiary/aromatic N) is 5. The number of halogens is 2. The van der Waals surface area contributed by atoms with Crippen molar-refractivity contribution in [1.82, 2.24) is 14.3 Å². The lowest BCUT2D eigenvalue weighted by Crippen LogP contribution is -2.54. The molecule has 3 heterocycles. The molecule has 0 unspecified atom stereocenters. The van der Waals surface area contributed by atoms with Gasteiger partial charge in [0.2, 0.25) is 16.9 Å². The predicted molar refractivity (Wildman–Crippen MR) is 133 cm³/mol. The molecule has 2 aliphatic heterocycles. The van der Waals surface area contributed by atoms with Gasteiger partial charge in [-0.15, -0.1) is 0 Å². The molecule has 2 aliphatic rings. The van der Waals surface area contributed by atoms with E-state index >= 15 is 0 Å². The van der Waals surface area contributed by atoms with Gasteiger partial charge in [0.1, 0.15) is 12.9 Å². The Hall–Kier alpha value is -3.65. The maximum atomic E-state index is 13.1. The molecular formula is C23H22F2N6O4S2. The first-order valence-corrected chi connectivity index (χ1v) is 13.6. The molecule has 2 amide bonds. The van der Waals surface area contributed by atoms with Crippen molar-refractivity contribution in [3.05, 3.63) is 59.9 Å². The van der Waals surface area contributed by atoms with E-state index in [1.54, 1.807) is 11.0 Å². The number of carbonyl (C=O) groups is 2. The highest BCUT2D eigenvalue weighted by Crippen LogP contribution is 2.32. The largest absolute Gasteiger partial charge is 0.362 e. The number of amides is 2. The van der Waals surface area contributed by atoms with Crippen molar-refractivity contribution in [2.24, 2.45) is 0 Å². The summed E-state index contributed by atoms with van der Waals surface area (Å²) in [7, 11) is -3.85. The van der Waals surface area contributed by atoms with Crippen LogP contribution in [0.15, 0.2) is 53.7 Å². The first-order valence-electron chi connectivity index (χ1n) is 11.3. The van der Waals surface area contributed by atoms with Crippen molar-refractivity contribution in [3.63, 3.8) is 0 Å². The van der Waals surface area contributed by atoms with E-state index in [1.807, 2.05) is 0 Å². The Morgan fingerprint density at radius 2 is 1.89 bits per heavy atom. The molecule has 194 valence electrons. The third kappa shape index (κ3) is 5.25. The van der Waals surface area contributed by atoms with Crippen molar-refractivity contribution >= 4 is 49.9 Å². The van der Waals surface area contributed by atoms with Crippen molar-refractivity contribution in [2.45, 2.75) is 17.7 Å². The molecular weight excluding hydrogens is 526 g/mol. The van der Waals surface area contributed by atoms with E-state index in [4.69, 9.17) is 0 Å². The maximum absolute atomic E-state index is 13.1. The Morgan fingerprint density at radius 1 is 1.11 bits per heavy atom. The zero-order valence-corrected chi connectivity index (χ0v) is 21.0. The average Bonchev–Trinajstić information content (AvgIpc) is 3.53. The number of rotatable bonds is 7. The van der Waals surface area contributed by atoms with Crippen molar-refractivity contribution in [1.29, 1.82) is 0 Å². The number of hydrogen-bond donors (Lipinski definition) is 1. The van der Waals surface area contributed by atoms with Gasteiger partial charge in [-0.2, -0.15) is 4.37 Å². The quantitative estimate of drug-likeness (QED) is 0.482. The Bertz CT molecular complexity index is 1420. The summed E-state index contributed by atoms with van der Waals surface area (Å²) in [5.74, 6) is -0.559. The first-order chi connectivity index (χ1) is 17.7. The van der Waals surface area contributed by atoms with Crippen LogP contribution in [0.1, 0.15) is 17.6 Å². The number of sulfonamides is 1. The monoisotopic (exact) mass is 548 g/mol. The van der Waals surface area contributed by atoms with Crippen molar-refractivity contribution in [2.75, 3.05) is 47.2 Å². The van der Waals surface area contributed by atoms with Crippen LogP contribution >= 0.6 is 11.5 Å². The number of piperazine rings is 1. The number of alkyl halides is 2. The molecule has 10 nitrogen and oxygen atoms in total. The number of nitrogens with one attached hydrogen (secondary N) is 1. The minimum absolute atomic E-state index is 0.00114. The van der Waals surface area contributed by atoms with E-state index in [2.05, 4.69) is 14.1 Å². The summed E-state index contributed by atoms with van der Waals surface area (Å²) >= 11 is 0.912. The second-order valence-electron chi connectivity index (χ2n) is 8.57. The molecule has 5 rings (SSSR count). The second kappa shape index (κ2) is 10.0. The second-order valence-corrected chi connectivity index (χ2v) is 11.0.